The van der Waals surface area contributed by atoms with Gasteiger partial charge in [-0.25, -0.2) is 4.79 Å². The van der Waals surface area contributed by atoms with Crippen LogP contribution in [-0.4, -0.2) is 25.0 Å². The fourth-order valence-electron chi connectivity index (χ4n) is 2.29. The van der Waals surface area contributed by atoms with E-state index in [9.17, 15) is 9.59 Å². The van der Waals surface area contributed by atoms with Crippen molar-refractivity contribution in [2.75, 3.05) is 23.8 Å². The summed E-state index contributed by atoms with van der Waals surface area (Å²) in [6, 6.07) is 15.5. The molecule has 6 nitrogen and oxygen atoms in total. The van der Waals surface area contributed by atoms with Gasteiger partial charge in [-0.05, 0) is 36.8 Å². The van der Waals surface area contributed by atoms with Crippen molar-refractivity contribution in [3.05, 3.63) is 59.7 Å². The summed E-state index contributed by atoms with van der Waals surface area (Å²) in [6.45, 7) is 2.45. The van der Waals surface area contributed by atoms with Gasteiger partial charge in [0, 0.05) is 17.9 Å². The summed E-state index contributed by atoms with van der Waals surface area (Å²) in [6.07, 6.45) is 2.04. The van der Waals surface area contributed by atoms with Crippen molar-refractivity contribution in [3.63, 3.8) is 0 Å². The molecule has 0 bridgehead atoms. The van der Waals surface area contributed by atoms with Gasteiger partial charge in [-0.2, -0.15) is 5.26 Å². The number of hydrogen-bond donors (Lipinski definition) is 2. The van der Waals surface area contributed by atoms with E-state index in [0.717, 1.165) is 19.4 Å². The van der Waals surface area contributed by atoms with Gasteiger partial charge in [0.25, 0.3) is 5.91 Å². The smallest absolute Gasteiger partial charge is 0.340 e. The number of nitrogens with one attached hydrogen (secondary N) is 2. The molecule has 0 saturated carbocycles. The minimum Gasteiger partial charge on any atom is -0.452 e. The van der Waals surface area contributed by atoms with E-state index < -0.39 is 18.5 Å². The van der Waals surface area contributed by atoms with Crippen LogP contribution in [0.2, 0.25) is 0 Å². The second-order valence-corrected chi connectivity index (χ2v) is 5.64. The molecule has 2 rings (SSSR count). The SMILES string of the molecule is CCCCNc1ccccc1C(=O)OCC(=O)Nc1cccc(C#N)c1. The first-order valence-corrected chi connectivity index (χ1v) is 8.44. The van der Waals surface area contributed by atoms with Crippen LogP contribution in [0, 0.1) is 11.3 Å². The van der Waals surface area contributed by atoms with Gasteiger partial charge in [0.1, 0.15) is 0 Å². The molecule has 0 atom stereocenters. The van der Waals surface area contributed by atoms with E-state index in [4.69, 9.17) is 10.00 Å². The van der Waals surface area contributed by atoms with Crippen molar-refractivity contribution in [1.29, 1.82) is 5.26 Å². The Kier molecular flexibility index (Phi) is 7.19. The van der Waals surface area contributed by atoms with Crippen LogP contribution in [0.4, 0.5) is 11.4 Å². The zero-order valence-corrected chi connectivity index (χ0v) is 14.6. The normalized spacial score (nSPS) is 9.85. The number of esters is 1. The molecule has 0 saturated heterocycles. The first-order chi connectivity index (χ1) is 12.6. The summed E-state index contributed by atoms with van der Waals surface area (Å²) in [5, 5.41) is 14.7. The van der Waals surface area contributed by atoms with Crippen LogP contribution in [0.1, 0.15) is 35.7 Å². The lowest BCUT2D eigenvalue weighted by atomic mass is 10.1. The summed E-state index contributed by atoms with van der Waals surface area (Å²) in [5.74, 6) is -1.03. The van der Waals surface area contributed by atoms with Crippen molar-refractivity contribution in [3.8, 4) is 6.07 Å². The molecule has 0 unspecified atom stereocenters. The lowest BCUT2D eigenvalue weighted by molar-refractivity contribution is -0.119. The van der Waals surface area contributed by atoms with E-state index in [-0.39, 0.29) is 0 Å². The maximum atomic E-state index is 12.3. The Morgan fingerprint density at radius 1 is 1.15 bits per heavy atom. The zero-order valence-electron chi connectivity index (χ0n) is 14.6. The molecule has 6 heteroatoms. The molecule has 134 valence electrons. The second kappa shape index (κ2) is 9.84. The number of ether oxygens (including phenoxy) is 1. The number of nitrogens with zero attached hydrogens (tertiary/aromatic N) is 1. The first-order valence-electron chi connectivity index (χ1n) is 8.44. The predicted molar refractivity (Wildman–Crippen MR) is 99.9 cm³/mol. The summed E-state index contributed by atoms with van der Waals surface area (Å²) in [4.78, 5) is 24.2. The van der Waals surface area contributed by atoms with E-state index in [2.05, 4.69) is 17.6 Å². The standard InChI is InChI=1S/C20H21N3O3/c1-2-3-11-22-18-10-5-4-9-17(18)20(25)26-14-19(24)23-16-8-6-7-15(12-16)13-21/h4-10,12,22H,2-3,11,14H2,1H3,(H,23,24). The molecule has 0 aliphatic heterocycles. The van der Waals surface area contributed by atoms with Gasteiger partial charge >= 0.3 is 5.97 Å². The maximum Gasteiger partial charge on any atom is 0.340 e. The molecule has 0 aliphatic rings. The number of hydrogen-bond acceptors (Lipinski definition) is 5. The maximum absolute atomic E-state index is 12.3. The van der Waals surface area contributed by atoms with Gasteiger partial charge < -0.3 is 15.4 Å². The Bertz CT molecular complexity index is 812. The molecule has 0 radical (unpaired) electrons. The van der Waals surface area contributed by atoms with Gasteiger partial charge in [0.05, 0.1) is 17.2 Å². The first kappa shape index (κ1) is 19.0. The van der Waals surface area contributed by atoms with E-state index in [1.54, 1.807) is 42.5 Å². The molecule has 0 heterocycles. The van der Waals surface area contributed by atoms with Crippen LogP contribution in [-0.2, 0) is 9.53 Å². The highest BCUT2D eigenvalue weighted by Gasteiger charge is 2.14. The molecule has 0 aromatic heterocycles. The Morgan fingerprint density at radius 3 is 2.73 bits per heavy atom. The van der Waals surface area contributed by atoms with Crippen molar-refractivity contribution >= 4 is 23.3 Å². The van der Waals surface area contributed by atoms with Crippen LogP contribution in [0.3, 0.4) is 0 Å². The lowest BCUT2D eigenvalue weighted by Crippen LogP contribution is -2.21. The number of para-hydroxylation sites is 1. The van der Waals surface area contributed by atoms with Crippen LogP contribution in [0.25, 0.3) is 0 Å². The lowest BCUT2D eigenvalue weighted by Gasteiger charge is -2.11. The fourth-order valence-corrected chi connectivity index (χ4v) is 2.29. The quantitative estimate of drug-likeness (QED) is 0.560. The van der Waals surface area contributed by atoms with Gasteiger partial charge in [-0.15, -0.1) is 0 Å². The number of rotatable bonds is 8. The van der Waals surface area contributed by atoms with Crippen molar-refractivity contribution in [2.24, 2.45) is 0 Å². The Balaban J connectivity index is 1.91. The highest BCUT2D eigenvalue weighted by Crippen LogP contribution is 2.16. The number of unbranched alkanes of at least 4 members (excludes halogenated alkanes) is 1. The largest absolute Gasteiger partial charge is 0.452 e. The highest BCUT2D eigenvalue weighted by atomic mass is 16.5. The molecule has 2 N–H and O–H groups in total. The molecule has 0 aliphatic carbocycles. The van der Waals surface area contributed by atoms with Gasteiger partial charge in [0.15, 0.2) is 6.61 Å². The van der Waals surface area contributed by atoms with Gasteiger partial charge in [-0.1, -0.05) is 31.5 Å². The minimum absolute atomic E-state index is 0.392. The van der Waals surface area contributed by atoms with Crippen molar-refractivity contribution in [1.82, 2.24) is 0 Å². The number of nitriles is 1. The van der Waals surface area contributed by atoms with E-state index in [0.29, 0.717) is 22.5 Å². The van der Waals surface area contributed by atoms with Crippen LogP contribution >= 0.6 is 0 Å². The predicted octanol–water partition coefficient (Wildman–Crippen LogP) is 3.57. The Hall–Kier alpha value is -3.33. The molecule has 2 aromatic rings. The summed E-state index contributed by atoms with van der Waals surface area (Å²) >= 11 is 0. The number of carbonyl (C=O) groups excluding carboxylic acids is 2. The Labute approximate surface area is 152 Å². The van der Waals surface area contributed by atoms with E-state index in [1.165, 1.54) is 0 Å². The number of carbonyl (C=O) groups is 2. The van der Waals surface area contributed by atoms with Gasteiger partial charge in [-0.3, -0.25) is 4.79 Å². The van der Waals surface area contributed by atoms with Crippen molar-refractivity contribution in [2.45, 2.75) is 19.8 Å². The van der Waals surface area contributed by atoms with Crippen molar-refractivity contribution < 1.29 is 14.3 Å². The molecular formula is C20H21N3O3. The van der Waals surface area contributed by atoms with Crippen LogP contribution in [0.5, 0.6) is 0 Å². The summed E-state index contributed by atoms with van der Waals surface area (Å²) in [5.41, 5.74) is 1.99. The molecule has 1 amide bonds. The average molecular weight is 351 g/mol. The number of benzene rings is 2. The summed E-state index contributed by atoms with van der Waals surface area (Å²) < 4.78 is 5.11. The van der Waals surface area contributed by atoms with E-state index >= 15 is 0 Å². The van der Waals surface area contributed by atoms with E-state index in [1.807, 2.05) is 12.1 Å². The third-order valence-electron chi connectivity index (χ3n) is 3.60. The summed E-state index contributed by atoms with van der Waals surface area (Å²) in [7, 11) is 0. The third-order valence-corrected chi connectivity index (χ3v) is 3.60. The zero-order chi connectivity index (χ0) is 18.8. The minimum atomic E-state index is -0.564. The third kappa shape index (κ3) is 5.64. The van der Waals surface area contributed by atoms with Crippen LogP contribution < -0.4 is 10.6 Å². The number of anilines is 2. The second-order valence-electron chi connectivity index (χ2n) is 5.64. The Morgan fingerprint density at radius 2 is 1.96 bits per heavy atom. The highest BCUT2D eigenvalue weighted by molar-refractivity contribution is 5.98. The average Bonchev–Trinajstić information content (AvgIpc) is 2.67. The number of amides is 1. The molecule has 26 heavy (non-hydrogen) atoms. The molecule has 0 spiro atoms. The topological polar surface area (TPSA) is 91.2 Å². The van der Waals surface area contributed by atoms with Gasteiger partial charge in [0.2, 0.25) is 0 Å². The molecule has 2 aromatic carbocycles. The fraction of sp³-hybridized carbons (Fsp3) is 0.250. The molecule has 0 fully saturated rings. The molecular weight excluding hydrogens is 330 g/mol. The monoisotopic (exact) mass is 351 g/mol. The van der Waals surface area contributed by atoms with Crippen LogP contribution in [0.15, 0.2) is 48.5 Å².